The molecule has 0 aliphatic carbocycles. The second-order valence-electron chi connectivity index (χ2n) is 8.89. The van der Waals surface area contributed by atoms with Crippen LogP contribution >= 0.6 is 0 Å². The fraction of sp³-hybridized carbons (Fsp3) is 0.321. The van der Waals surface area contributed by atoms with Crippen molar-refractivity contribution in [3.63, 3.8) is 0 Å². The summed E-state index contributed by atoms with van der Waals surface area (Å²) in [5.41, 5.74) is 3.91. The van der Waals surface area contributed by atoms with E-state index in [9.17, 15) is 0 Å². The monoisotopic (exact) mass is 437 g/mol. The summed E-state index contributed by atoms with van der Waals surface area (Å²) in [5.74, 6) is 1.64. The van der Waals surface area contributed by atoms with Crippen molar-refractivity contribution in [2.45, 2.75) is 37.6 Å². The first-order chi connectivity index (χ1) is 16.4. The maximum Gasteiger partial charge on any atom is 0.163 e. The molecule has 1 aliphatic heterocycles. The molecular weight excluding hydrogens is 406 g/mol. The van der Waals surface area contributed by atoms with Gasteiger partial charge in [0.2, 0.25) is 0 Å². The second kappa shape index (κ2) is 10.5. The summed E-state index contributed by atoms with van der Waals surface area (Å²) in [7, 11) is 0. The van der Waals surface area contributed by atoms with Gasteiger partial charge >= 0.3 is 0 Å². The van der Waals surface area contributed by atoms with Crippen molar-refractivity contribution in [3.8, 4) is 0 Å². The lowest BCUT2D eigenvalue weighted by atomic mass is 9.89. The van der Waals surface area contributed by atoms with Crippen LogP contribution in [-0.4, -0.2) is 44.7 Å². The maximum absolute atomic E-state index is 4.47. The number of nitrogens with zero attached hydrogens (tertiary/aromatic N) is 5. The highest BCUT2D eigenvalue weighted by Gasteiger charge is 2.24. The highest BCUT2D eigenvalue weighted by molar-refractivity contribution is 5.38. The Morgan fingerprint density at radius 3 is 1.91 bits per heavy atom. The third kappa shape index (κ3) is 5.20. The van der Waals surface area contributed by atoms with Crippen LogP contribution in [0.1, 0.15) is 53.6 Å². The van der Waals surface area contributed by atoms with Crippen LogP contribution in [0.25, 0.3) is 0 Å². The van der Waals surface area contributed by atoms with Crippen LogP contribution in [0, 0.1) is 0 Å². The minimum Gasteiger partial charge on any atom is -0.303 e. The molecular formula is C28H31N5. The highest BCUT2D eigenvalue weighted by Crippen LogP contribution is 2.30. The Bertz CT molecular complexity index is 1060. The van der Waals surface area contributed by atoms with E-state index in [2.05, 4.69) is 111 Å². The summed E-state index contributed by atoms with van der Waals surface area (Å²) < 4.78 is 2.00. The van der Waals surface area contributed by atoms with E-state index in [1.54, 1.807) is 0 Å². The average Bonchev–Trinajstić information content (AvgIpc) is 3.34. The molecule has 0 N–H and O–H groups in total. The molecule has 2 heterocycles. The molecule has 0 spiro atoms. The zero-order valence-electron chi connectivity index (χ0n) is 19.0. The van der Waals surface area contributed by atoms with Gasteiger partial charge in [0.25, 0.3) is 0 Å². The number of tetrazole rings is 1. The number of rotatable bonds is 8. The van der Waals surface area contributed by atoms with Gasteiger partial charge in [-0.25, -0.2) is 4.68 Å². The molecule has 168 valence electrons. The Balaban J connectivity index is 1.22. The number of likely N-dealkylation sites (tertiary alicyclic amines) is 1. The van der Waals surface area contributed by atoms with Crippen molar-refractivity contribution in [2.75, 3.05) is 19.6 Å². The van der Waals surface area contributed by atoms with E-state index in [0.717, 1.165) is 25.3 Å². The fourth-order valence-corrected chi connectivity index (χ4v) is 5.02. The standard InChI is InChI=1S/C28H31N5/c1-4-11-23(12-5-1)24-17-21-32(22-18-24)19-10-20-33-28(29-30-31-33)27(25-13-6-2-7-14-25)26-15-8-3-9-16-26/h1-9,11-16,24,27H,10,17-22H2. The van der Waals surface area contributed by atoms with E-state index in [1.807, 2.05) is 4.68 Å². The molecule has 5 heteroatoms. The zero-order valence-corrected chi connectivity index (χ0v) is 19.0. The van der Waals surface area contributed by atoms with Crippen LogP contribution in [0.3, 0.4) is 0 Å². The SMILES string of the molecule is c1ccc(C2CCN(CCCn3nnnc3C(c3ccccc3)c3ccccc3)CC2)cc1. The first kappa shape index (κ1) is 21.5. The molecule has 1 aromatic heterocycles. The molecule has 0 amide bonds. The quantitative estimate of drug-likeness (QED) is 0.384. The molecule has 0 unspecified atom stereocenters. The van der Waals surface area contributed by atoms with Crippen molar-refractivity contribution in [2.24, 2.45) is 0 Å². The Morgan fingerprint density at radius 1 is 0.727 bits per heavy atom. The van der Waals surface area contributed by atoms with Gasteiger partial charge in [-0.2, -0.15) is 0 Å². The zero-order chi connectivity index (χ0) is 22.3. The van der Waals surface area contributed by atoms with Gasteiger partial charge in [0.15, 0.2) is 5.82 Å². The Hall–Kier alpha value is -3.31. The van der Waals surface area contributed by atoms with Crippen LogP contribution in [0.15, 0.2) is 91.0 Å². The van der Waals surface area contributed by atoms with Crippen molar-refractivity contribution in [1.29, 1.82) is 0 Å². The minimum atomic E-state index is 0.0315. The maximum atomic E-state index is 4.47. The normalized spacial score (nSPS) is 15.2. The molecule has 5 rings (SSSR count). The third-order valence-corrected chi connectivity index (χ3v) is 6.79. The van der Waals surface area contributed by atoms with Crippen LogP contribution in [0.5, 0.6) is 0 Å². The lowest BCUT2D eigenvalue weighted by Gasteiger charge is -2.32. The first-order valence-electron chi connectivity index (χ1n) is 12.0. The average molecular weight is 438 g/mol. The number of piperidine rings is 1. The predicted octanol–water partition coefficient (Wildman–Crippen LogP) is 5.12. The summed E-state index contributed by atoms with van der Waals surface area (Å²) >= 11 is 0. The van der Waals surface area contributed by atoms with Gasteiger partial charge in [0, 0.05) is 6.54 Å². The van der Waals surface area contributed by atoms with Gasteiger partial charge in [0.1, 0.15) is 0 Å². The van der Waals surface area contributed by atoms with Gasteiger partial charge in [0.05, 0.1) is 5.92 Å². The molecule has 0 bridgehead atoms. The molecule has 4 aromatic rings. The topological polar surface area (TPSA) is 46.8 Å². The number of benzene rings is 3. The molecule has 0 saturated carbocycles. The Morgan fingerprint density at radius 2 is 1.30 bits per heavy atom. The van der Waals surface area contributed by atoms with Crippen molar-refractivity contribution >= 4 is 0 Å². The summed E-state index contributed by atoms with van der Waals surface area (Å²) in [6.45, 7) is 4.25. The smallest absolute Gasteiger partial charge is 0.163 e. The highest BCUT2D eigenvalue weighted by atomic mass is 15.5. The van der Waals surface area contributed by atoms with Crippen LogP contribution < -0.4 is 0 Å². The van der Waals surface area contributed by atoms with Crippen molar-refractivity contribution < 1.29 is 0 Å². The van der Waals surface area contributed by atoms with E-state index >= 15 is 0 Å². The van der Waals surface area contributed by atoms with Gasteiger partial charge < -0.3 is 4.90 Å². The fourth-order valence-electron chi connectivity index (χ4n) is 5.02. The molecule has 0 radical (unpaired) electrons. The summed E-state index contributed by atoms with van der Waals surface area (Å²) in [4.78, 5) is 2.59. The minimum absolute atomic E-state index is 0.0315. The lowest BCUT2D eigenvalue weighted by Crippen LogP contribution is -2.34. The van der Waals surface area contributed by atoms with Crippen LogP contribution in [-0.2, 0) is 6.54 Å². The second-order valence-corrected chi connectivity index (χ2v) is 8.89. The van der Waals surface area contributed by atoms with Gasteiger partial charge in [-0.1, -0.05) is 91.0 Å². The predicted molar refractivity (Wildman–Crippen MR) is 131 cm³/mol. The summed E-state index contributed by atoms with van der Waals surface area (Å²) in [5, 5.41) is 12.9. The summed E-state index contributed by atoms with van der Waals surface area (Å²) in [6.07, 6.45) is 3.53. The number of hydrogen-bond donors (Lipinski definition) is 0. The number of aryl methyl sites for hydroxylation is 1. The lowest BCUT2D eigenvalue weighted by molar-refractivity contribution is 0.206. The number of hydrogen-bond acceptors (Lipinski definition) is 4. The van der Waals surface area contributed by atoms with E-state index < -0.39 is 0 Å². The van der Waals surface area contributed by atoms with E-state index in [0.29, 0.717) is 5.92 Å². The summed E-state index contributed by atoms with van der Waals surface area (Å²) in [6, 6.07) is 32.0. The molecule has 33 heavy (non-hydrogen) atoms. The van der Waals surface area contributed by atoms with Crippen molar-refractivity contribution in [3.05, 3.63) is 114 Å². The number of aromatic nitrogens is 4. The van der Waals surface area contributed by atoms with Crippen molar-refractivity contribution in [1.82, 2.24) is 25.1 Å². The van der Waals surface area contributed by atoms with Crippen LogP contribution in [0.2, 0.25) is 0 Å². The molecule has 3 aromatic carbocycles. The first-order valence-corrected chi connectivity index (χ1v) is 12.0. The largest absolute Gasteiger partial charge is 0.303 e. The molecule has 1 fully saturated rings. The van der Waals surface area contributed by atoms with E-state index in [4.69, 9.17) is 0 Å². The van der Waals surface area contributed by atoms with E-state index in [1.165, 1.54) is 42.6 Å². The third-order valence-electron chi connectivity index (χ3n) is 6.79. The Labute approximate surface area is 196 Å². The molecule has 0 atom stereocenters. The molecule has 1 saturated heterocycles. The van der Waals surface area contributed by atoms with E-state index in [-0.39, 0.29) is 5.92 Å². The van der Waals surface area contributed by atoms with Gasteiger partial charge in [-0.05, 0) is 71.9 Å². The van der Waals surface area contributed by atoms with Gasteiger partial charge in [-0.3, -0.25) is 0 Å². The molecule has 5 nitrogen and oxygen atoms in total. The Kier molecular flexibility index (Phi) is 6.88. The van der Waals surface area contributed by atoms with Crippen LogP contribution in [0.4, 0.5) is 0 Å². The van der Waals surface area contributed by atoms with Gasteiger partial charge in [-0.15, -0.1) is 5.10 Å². The molecule has 1 aliphatic rings.